The van der Waals surface area contributed by atoms with Gasteiger partial charge in [-0.1, -0.05) is 24.3 Å². The third-order valence-electron chi connectivity index (χ3n) is 5.41. The molecule has 0 spiro atoms. The Labute approximate surface area is 147 Å². The molecule has 7 rings (SSSR count). The third kappa shape index (κ3) is 1.25. The summed E-state index contributed by atoms with van der Waals surface area (Å²) in [6, 6.07) is 21.1. The van der Waals surface area contributed by atoms with Gasteiger partial charge in [0.25, 0.3) is 0 Å². The standard InChI is InChI=1S/C21H13N5/c1-12-10-17-19-18(11-12)25-16-9-5-3-7-14(16)23-21(25)26(19)20-22-13-6-2-4-8-15(13)24(17)20/h2-11H,1H3. The molecule has 0 saturated carbocycles. The van der Waals surface area contributed by atoms with Crippen LogP contribution in [0.5, 0.6) is 0 Å². The van der Waals surface area contributed by atoms with Crippen molar-refractivity contribution in [3.8, 4) is 0 Å². The van der Waals surface area contributed by atoms with E-state index in [1.54, 1.807) is 0 Å². The maximum absolute atomic E-state index is 4.93. The van der Waals surface area contributed by atoms with Crippen LogP contribution in [-0.4, -0.2) is 23.2 Å². The number of aromatic nitrogens is 5. The Morgan fingerprint density at radius 1 is 0.615 bits per heavy atom. The van der Waals surface area contributed by atoms with Gasteiger partial charge < -0.3 is 0 Å². The highest BCUT2D eigenvalue weighted by Gasteiger charge is 2.23. The Morgan fingerprint density at radius 2 is 1.12 bits per heavy atom. The molecule has 0 N–H and O–H groups in total. The van der Waals surface area contributed by atoms with Crippen LogP contribution in [0.15, 0.2) is 60.7 Å². The maximum Gasteiger partial charge on any atom is 0.223 e. The van der Waals surface area contributed by atoms with Gasteiger partial charge in [0.15, 0.2) is 0 Å². The van der Waals surface area contributed by atoms with Gasteiger partial charge in [-0.25, -0.2) is 14.4 Å². The summed E-state index contributed by atoms with van der Waals surface area (Å²) < 4.78 is 6.71. The van der Waals surface area contributed by atoms with Gasteiger partial charge in [0, 0.05) is 0 Å². The molecule has 0 atom stereocenters. The van der Waals surface area contributed by atoms with Gasteiger partial charge in [-0.05, 0) is 48.9 Å². The molecular formula is C21H13N5. The van der Waals surface area contributed by atoms with E-state index in [2.05, 4.69) is 68.7 Å². The van der Waals surface area contributed by atoms with Crippen LogP contribution in [0.4, 0.5) is 0 Å². The van der Waals surface area contributed by atoms with E-state index in [-0.39, 0.29) is 0 Å². The molecule has 122 valence electrons. The van der Waals surface area contributed by atoms with E-state index < -0.39 is 0 Å². The minimum atomic E-state index is 0.919. The van der Waals surface area contributed by atoms with E-state index >= 15 is 0 Å². The predicted molar refractivity (Wildman–Crippen MR) is 103 cm³/mol. The first-order chi connectivity index (χ1) is 12.8. The quantitative estimate of drug-likeness (QED) is 0.411. The van der Waals surface area contributed by atoms with Gasteiger partial charge in [0.1, 0.15) is 5.52 Å². The Bertz CT molecular complexity index is 1530. The Morgan fingerprint density at radius 3 is 1.65 bits per heavy atom. The summed E-state index contributed by atoms with van der Waals surface area (Å²) in [7, 11) is 0. The molecule has 0 bridgehead atoms. The van der Waals surface area contributed by atoms with Gasteiger partial charge >= 0.3 is 0 Å². The molecule has 0 fully saturated rings. The van der Waals surface area contributed by atoms with Crippen molar-refractivity contribution in [3.05, 3.63) is 66.2 Å². The fourth-order valence-corrected chi connectivity index (χ4v) is 4.40. The van der Waals surface area contributed by atoms with Crippen molar-refractivity contribution in [1.29, 1.82) is 0 Å². The molecule has 7 aromatic rings. The minimum absolute atomic E-state index is 0.919. The van der Waals surface area contributed by atoms with Crippen LogP contribution >= 0.6 is 0 Å². The highest BCUT2D eigenvalue weighted by Crippen LogP contribution is 2.34. The van der Waals surface area contributed by atoms with E-state index in [1.165, 1.54) is 22.1 Å². The SMILES string of the molecule is Cc1cc2c3c(c1)n1c4ccccc4nc1n3c1nc3ccccc3n21. The van der Waals surface area contributed by atoms with Crippen LogP contribution in [0, 0.1) is 6.92 Å². The van der Waals surface area contributed by atoms with Gasteiger partial charge in [-0.15, -0.1) is 0 Å². The van der Waals surface area contributed by atoms with Gasteiger partial charge in [-0.3, -0.25) is 8.80 Å². The van der Waals surface area contributed by atoms with Crippen molar-refractivity contribution in [2.75, 3.05) is 0 Å². The molecule has 0 radical (unpaired) electrons. The van der Waals surface area contributed by atoms with Crippen molar-refractivity contribution >= 4 is 50.2 Å². The van der Waals surface area contributed by atoms with Crippen molar-refractivity contribution in [2.45, 2.75) is 6.92 Å². The molecule has 4 aromatic heterocycles. The normalized spacial score (nSPS) is 12.8. The second kappa shape index (κ2) is 3.96. The van der Waals surface area contributed by atoms with Crippen molar-refractivity contribution in [2.24, 2.45) is 0 Å². The number of benzene rings is 3. The smallest absolute Gasteiger partial charge is 0.223 e. The molecule has 5 nitrogen and oxygen atoms in total. The summed E-state index contributed by atoms with van der Waals surface area (Å²) in [5.74, 6) is 1.84. The van der Waals surface area contributed by atoms with Crippen molar-refractivity contribution in [1.82, 2.24) is 23.2 Å². The molecular weight excluding hydrogens is 322 g/mol. The van der Waals surface area contributed by atoms with E-state index in [9.17, 15) is 0 Å². The fourth-order valence-electron chi connectivity index (χ4n) is 4.40. The van der Waals surface area contributed by atoms with Gasteiger partial charge in [0.05, 0.1) is 33.1 Å². The number of hydrogen-bond donors (Lipinski definition) is 0. The van der Waals surface area contributed by atoms with Gasteiger partial charge in [-0.2, -0.15) is 0 Å². The summed E-state index contributed by atoms with van der Waals surface area (Å²) in [6.45, 7) is 2.15. The number of hydrogen-bond acceptors (Lipinski definition) is 2. The Kier molecular flexibility index (Phi) is 1.94. The first-order valence-electron chi connectivity index (χ1n) is 8.72. The molecule has 0 aliphatic heterocycles. The van der Waals surface area contributed by atoms with Crippen LogP contribution in [0.3, 0.4) is 0 Å². The van der Waals surface area contributed by atoms with Crippen molar-refractivity contribution in [3.63, 3.8) is 0 Å². The Hall–Kier alpha value is -3.60. The summed E-state index contributed by atoms with van der Waals surface area (Å²) in [6.07, 6.45) is 0. The van der Waals surface area contributed by atoms with Crippen LogP contribution in [0.25, 0.3) is 50.2 Å². The minimum Gasteiger partial charge on any atom is -0.276 e. The van der Waals surface area contributed by atoms with Crippen LogP contribution < -0.4 is 0 Å². The number of fused-ring (bicyclic) bond motifs is 10. The van der Waals surface area contributed by atoms with Crippen LogP contribution in [0.1, 0.15) is 5.56 Å². The molecule has 3 aromatic carbocycles. The summed E-state index contributed by atoms with van der Waals surface area (Å²) in [5, 5.41) is 0. The van der Waals surface area contributed by atoms with Crippen LogP contribution in [0.2, 0.25) is 0 Å². The van der Waals surface area contributed by atoms with Crippen LogP contribution in [-0.2, 0) is 0 Å². The second-order valence-electron chi connectivity index (χ2n) is 6.96. The first kappa shape index (κ1) is 12.7. The van der Waals surface area contributed by atoms with E-state index in [4.69, 9.17) is 9.97 Å². The van der Waals surface area contributed by atoms with Crippen molar-refractivity contribution < 1.29 is 0 Å². The number of imidazole rings is 4. The molecule has 0 aliphatic carbocycles. The topological polar surface area (TPSA) is 39.0 Å². The zero-order valence-corrected chi connectivity index (χ0v) is 14.0. The van der Waals surface area contributed by atoms with Gasteiger partial charge in [0.2, 0.25) is 11.6 Å². The molecule has 0 unspecified atom stereocenters. The van der Waals surface area contributed by atoms with E-state index in [0.29, 0.717) is 0 Å². The highest BCUT2D eigenvalue weighted by atomic mass is 15.3. The lowest BCUT2D eigenvalue weighted by Gasteiger charge is -1.99. The molecule has 4 heterocycles. The molecule has 0 saturated heterocycles. The lowest BCUT2D eigenvalue weighted by Crippen LogP contribution is -1.88. The zero-order chi connectivity index (χ0) is 17.0. The number of rotatable bonds is 0. The molecule has 0 aliphatic rings. The predicted octanol–water partition coefficient (Wildman–Crippen LogP) is 4.44. The lowest BCUT2D eigenvalue weighted by molar-refractivity contribution is 1.15. The fraction of sp³-hybridized carbons (Fsp3) is 0.0476. The first-order valence-corrected chi connectivity index (χ1v) is 8.72. The average Bonchev–Trinajstić information content (AvgIpc) is 3.35. The average molecular weight is 335 g/mol. The van der Waals surface area contributed by atoms with E-state index in [1.807, 2.05) is 12.1 Å². The Balaban J connectivity index is 1.92. The number of nitrogens with zero attached hydrogens (tertiary/aromatic N) is 5. The second-order valence-corrected chi connectivity index (χ2v) is 6.96. The lowest BCUT2D eigenvalue weighted by atomic mass is 10.2. The maximum atomic E-state index is 4.93. The third-order valence-corrected chi connectivity index (χ3v) is 5.41. The molecule has 26 heavy (non-hydrogen) atoms. The zero-order valence-electron chi connectivity index (χ0n) is 14.0. The largest absolute Gasteiger partial charge is 0.276 e. The molecule has 0 amide bonds. The summed E-state index contributed by atoms with van der Waals surface area (Å²) in [5.41, 5.74) is 9.04. The molecule has 5 heteroatoms. The highest BCUT2D eigenvalue weighted by molar-refractivity contribution is 6.04. The summed E-state index contributed by atoms with van der Waals surface area (Å²) in [4.78, 5) is 9.86. The monoisotopic (exact) mass is 335 g/mol. The number of aryl methyl sites for hydroxylation is 1. The summed E-state index contributed by atoms with van der Waals surface area (Å²) >= 11 is 0. The number of para-hydroxylation sites is 4. The van der Waals surface area contributed by atoms with E-state index in [0.717, 1.165) is 33.6 Å².